The topological polar surface area (TPSA) is 56.8 Å². The molecule has 1 fully saturated rings. The molecule has 5 nitrogen and oxygen atoms in total. The van der Waals surface area contributed by atoms with Crippen LogP contribution >= 0.6 is 23.4 Å². The highest BCUT2D eigenvalue weighted by Crippen LogP contribution is 2.42. The first-order valence-corrected chi connectivity index (χ1v) is 12.9. The molecule has 0 bridgehead atoms. The van der Waals surface area contributed by atoms with E-state index in [-0.39, 0.29) is 12.4 Å². The number of thioether (sulfide) groups is 1. The fraction of sp³-hybridized carbons (Fsp3) is 0.423. The summed E-state index contributed by atoms with van der Waals surface area (Å²) in [6.07, 6.45) is 5.93. The Morgan fingerprint density at radius 2 is 2.12 bits per heavy atom. The van der Waals surface area contributed by atoms with Gasteiger partial charge in [-0.3, -0.25) is 0 Å². The van der Waals surface area contributed by atoms with E-state index in [1.165, 1.54) is 12.1 Å². The Kier molecular flexibility index (Phi) is 8.19. The lowest BCUT2D eigenvalue weighted by atomic mass is 10.00. The standard InChI is InChI=1S/C26H29ClFNO4S/c1-2-25(17-29-24(30)31-15-19-6-4-3-5-7-19)18-32-26(33-25)12-10-22(11-13-26)34-16-20-8-9-21(28)14-23(20)27/h3-10,12,14,22H,2,11,13,15-18H2,1H3,(H,29,30)/t22?,25-,26?/m0/s1. The van der Waals surface area contributed by atoms with Crippen LogP contribution in [0.2, 0.25) is 5.02 Å². The second kappa shape index (κ2) is 11.1. The number of carbonyl (C=O) groups excluding carboxylic acids is 1. The molecule has 1 amide bonds. The van der Waals surface area contributed by atoms with Crippen LogP contribution in [0.25, 0.3) is 0 Å². The number of alkyl carbamates (subject to hydrolysis) is 1. The van der Waals surface area contributed by atoms with E-state index in [9.17, 15) is 9.18 Å². The first-order chi connectivity index (χ1) is 16.4. The largest absolute Gasteiger partial charge is 0.445 e. The third-order valence-corrected chi connectivity index (χ3v) is 7.84. The molecule has 4 rings (SSSR count). The zero-order chi connectivity index (χ0) is 24.0. The van der Waals surface area contributed by atoms with Crippen molar-refractivity contribution in [2.24, 2.45) is 0 Å². The van der Waals surface area contributed by atoms with Crippen LogP contribution in [-0.2, 0) is 26.6 Å². The number of ether oxygens (including phenoxy) is 3. The molecule has 2 aromatic rings. The molecule has 1 heterocycles. The fourth-order valence-corrected chi connectivity index (χ4v) is 5.46. The summed E-state index contributed by atoms with van der Waals surface area (Å²) in [5.41, 5.74) is 1.26. The van der Waals surface area contributed by atoms with E-state index in [4.69, 9.17) is 25.8 Å². The van der Waals surface area contributed by atoms with Crippen LogP contribution in [0.3, 0.4) is 0 Å². The Balaban J connectivity index is 1.26. The van der Waals surface area contributed by atoms with Crippen LogP contribution in [0.1, 0.15) is 37.3 Å². The highest BCUT2D eigenvalue weighted by atomic mass is 35.5. The lowest BCUT2D eigenvalue weighted by molar-refractivity contribution is -0.158. The average molecular weight is 506 g/mol. The Morgan fingerprint density at radius 1 is 1.29 bits per heavy atom. The molecule has 1 aliphatic heterocycles. The van der Waals surface area contributed by atoms with Crippen LogP contribution in [0.15, 0.2) is 60.7 Å². The van der Waals surface area contributed by atoms with Crippen molar-refractivity contribution in [1.82, 2.24) is 5.32 Å². The van der Waals surface area contributed by atoms with Gasteiger partial charge in [-0.05, 0) is 42.2 Å². The van der Waals surface area contributed by atoms with Crippen molar-refractivity contribution in [2.75, 3.05) is 13.2 Å². The zero-order valence-corrected chi connectivity index (χ0v) is 20.7. The molecule has 34 heavy (non-hydrogen) atoms. The van der Waals surface area contributed by atoms with Crippen LogP contribution in [-0.4, -0.2) is 35.9 Å². The average Bonchev–Trinajstić information content (AvgIpc) is 3.21. The molecule has 1 saturated heterocycles. The van der Waals surface area contributed by atoms with Gasteiger partial charge in [-0.1, -0.05) is 61.0 Å². The summed E-state index contributed by atoms with van der Waals surface area (Å²) in [4.78, 5) is 12.2. The maximum Gasteiger partial charge on any atom is 0.407 e. The van der Waals surface area contributed by atoms with Gasteiger partial charge in [0.25, 0.3) is 0 Å². The van der Waals surface area contributed by atoms with Crippen molar-refractivity contribution in [3.63, 3.8) is 0 Å². The maximum absolute atomic E-state index is 13.3. The Labute approximate surface area is 209 Å². The lowest BCUT2D eigenvalue weighted by Crippen LogP contribution is -2.46. The van der Waals surface area contributed by atoms with Crippen molar-refractivity contribution >= 4 is 29.5 Å². The first-order valence-electron chi connectivity index (χ1n) is 11.4. The number of hydrogen-bond donors (Lipinski definition) is 1. The molecule has 0 saturated carbocycles. The summed E-state index contributed by atoms with van der Waals surface area (Å²) in [7, 11) is 0. The quantitative estimate of drug-likeness (QED) is 0.430. The highest BCUT2D eigenvalue weighted by molar-refractivity contribution is 7.99. The van der Waals surface area contributed by atoms with Crippen molar-refractivity contribution in [3.05, 3.63) is 82.6 Å². The third kappa shape index (κ3) is 6.33. The first kappa shape index (κ1) is 25.0. The normalized spacial score (nSPS) is 26.0. The molecular formula is C26H29ClFNO4S. The predicted molar refractivity (Wildman–Crippen MR) is 132 cm³/mol. The molecule has 2 aromatic carbocycles. The zero-order valence-electron chi connectivity index (χ0n) is 19.1. The summed E-state index contributed by atoms with van der Waals surface area (Å²) < 4.78 is 31.1. The second-order valence-corrected chi connectivity index (χ2v) is 10.3. The van der Waals surface area contributed by atoms with Gasteiger partial charge < -0.3 is 19.5 Å². The lowest BCUT2D eigenvalue weighted by Gasteiger charge is -2.33. The predicted octanol–water partition coefficient (Wildman–Crippen LogP) is 6.25. The molecule has 1 N–H and O–H groups in total. The van der Waals surface area contributed by atoms with Gasteiger partial charge in [0.2, 0.25) is 0 Å². The van der Waals surface area contributed by atoms with Gasteiger partial charge in [0, 0.05) is 22.4 Å². The third-order valence-electron chi connectivity index (χ3n) is 6.19. The van der Waals surface area contributed by atoms with E-state index in [0.717, 1.165) is 24.0 Å². The van der Waals surface area contributed by atoms with E-state index in [2.05, 4.69) is 11.4 Å². The monoisotopic (exact) mass is 505 g/mol. The molecule has 0 aromatic heterocycles. The van der Waals surface area contributed by atoms with Crippen molar-refractivity contribution in [3.8, 4) is 0 Å². The van der Waals surface area contributed by atoms with Crippen molar-refractivity contribution in [1.29, 1.82) is 0 Å². The Bertz CT molecular complexity index is 1020. The molecule has 1 aliphatic carbocycles. The molecule has 3 atom stereocenters. The molecule has 8 heteroatoms. The maximum atomic E-state index is 13.3. The van der Waals surface area contributed by atoms with E-state index < -0.39 is 17.5 Å². The van der Waals surface area contributed by atoms with Gasteiger partial charge in [0.15, 0.2) is 5.79 Å². The van der Waals surface area contributed by atoms with E-state index in [0.29, 0.717) is 35.6 Å². The second-order valence-electron chi connectivity index (χ2n) is 8.64. The van der Waals surface area contributed by atoms with Gasteiger partial charge in [0.05, 0.1) is 13.2 Å². The summed E-state index contributed by atoms with van der Waals surface area (Å²) >= 11 is 7.90. The van der Waals surface area contributed by atoms with Gasteiger partial charge in [0.1, 0.15) is 18.0 Å². The number of rotatable bonds is 8. The van der Waals surface area contributed by atoms with Gasteiger partial charge >= 0.3 is 6.09 Å². The SMILES string of the molecule is CC[C@]1(CNC(=O)OCc2ccccc2)COC2(C=CC(SCc3ccc(F)cc3Cl)CC2)O1. The molecule has 2 aliphatic rings. The summed E-state index contributed by atoms with van der Waals surface area (Å²) in [5.74, 6) is -0.389. The van der Waals surface area contributed by atoms with Gasteiger partial charge in [-0.15, -0.1) is 11.8 Å². The van der Waals surface area contributed by atoms with Crippen LogP contribution < -0.4 is 5.32 Å². The van der Waals surface area contributed by atoms with Crippen LogP contribution in [0.4, 0.5) is 9.18 Å². The summed E-state index contributed by atoms with van der Waals surface area (Å²) in [6.45, 7) is 2.96. The highest BCUT2D eigenvalue weighted by Gasteiger charge is 2.49. The Hall–Kier alpha value is -2.06. The number of carbonyl (C=O) groups is 1. The Morgan fingerprint density at radius 3 is 2.82 bits per heavy atom. The van der Waals surface area contributed by atoms with E-state index >= 15 is 0 Å². The number of halogens is 2. The minimum Gasteiger partial charge on any atom is -0.445 e. The number of amides is 1. The number of hydrogen-bond acceptors (Lipinski definition) is 5. The smallest absolute Gasteiger partial charge is 0.407 e. The van der Waals surface area contributed by atoms with Gasteiger partial charge in [-0.2, -0.15) is 0 Å². The van der Waals surface area contributed by atoms with Gasteiger partial charge in [-0.25, -0.2) is 9.18 Å². The van der Waals surface area contributed by atoms with Crippen molar-refractivity contribution < 1.29 is 23.4 Å². The van der Waals surface area contributed by atoms with Crippen LogP contribution in [0, 0.1) is 5.82 Å². The summed E-state index contributed by atoms with van der Waals surface area (Å²) in [6, 6.07) is 14.1. The van der Waals surface area contributed by atoms with E-state index in [1.807, 2.05) is 43.3 Å². The number of nitrogens with one attached hydrogen (secondary N) is 1. The minimum atomic E-state index is -0.768. The van der Waals surface area contributed by atoms with Crippen LogP contribution in [0.5, 0.6) is 0 Å². The summed E-state index contributed by atoms with van der Waals surface area (Å²) in [5, 5.41) is 3.58. The fourth-order valence-electron chi connectivity index (χ4n) is 4.03. The molecule has 182 valence electrons. The molecular weight excluding hydrogens is 477 g/mol. The number of benzene rings is 2. The molecule has 0 radical (unpaired) electrons. The van der Waals surface area contributed by atoms with Crippen molar-refractivity contribution in [2.45, 2.75) is 55.2 Å². The van der Waals surface area contributed by atoms with E-state index in [1.54, 1.807) is 17.8 Å². The minimum absolute atomic E-state index is 0.220. The molecule has 2 unspecified atom stereocenters. The molecule has 1 spiro atoms.